The summed E-state index contributed by atoms with van der Waals surface area (Å²) < 4.78 is 5.34. The van der Waals surface area contributed by atoms with Gasteiger partial charge in [-0.05, 0) is 57.2 Å². The molecule has 1 fully saturated rings. The lowest BCUT2D eigenvalue weighted by Crippen LogP contribution is -2.44. The molecule has 1 aromatic heterocycles. The van der Waals surface area contributed by atoms with Crippen LogP contribution in [0.4, 0.5) is 0 Å². The molecule has 1 aromatic rings. The molecule has 3 atom stereocenters. The van der Waals surface area contributed by atoms with E-state index in [9.17, 15) is 5.11 Å². The van der Waals surface area contributed by atoms with Crippen LogP contribution >= 0.6 is 11.3 Å². The summed E-state index contributed by atoms with van der Waals surface area (Å²) in [5, 5.41) is 11.5. The lowest BCUT2D eigenvalue weighted by atomic mass is 9.85. The summed E-state index contributed by atoms with van der Waals surface area (Å²) in [6.45, 7) is 13.4. The number of ether oxygens (including phenoxy) is 1. The van der Waals surface area contributed by atoms with Gasteiger partial charge < -0.3 is 20.6 Å². The van der Waals surface area contributed by atoms with Crippen LogP contribution in [0.15, 0.2) is 18.0 Å². The number of aliphatic hydroxyl groups excluding tert-OH is 1. The highest BCUT2D eigenvalue weighted by Gasteiger charge is 2.29. The number of hydrazine groups is 1. The average Bonchev–Trinajstić information content (AvgIpc) is 3.10. The minimum absolute atomic E-state index is 0.296. The van der Waals surface area contributed by atoms with Gasteiger partial charge in [-0.1, -0.05) is 20.8 Å². The van der Waals surface area contributed by atoms with Gasteiger partial charge in [0.15, 0.2) is 0 Å². The van der Waals surface area contributed by atoms with E-state index < -0.39 is 6.10 Å². The first-order valence-corrected chi connectivity index (χ1v) is 12.4. The molecule has 1 aliphatic heterocycles. The van der Waals surface area contributed by atoms with Crippen molar-refractivity contribution in [2.24, 2.45) is 17.0 Å². The van der Waals surface area contributed by atoms with Crippen molar-refractivity contribution < 1.29 is 9.84 Å². The average molecular weight is 453 g/mol. The van der Waals surface area contributed by atoms with Gasteiger partial charge in [0.25, 0.3) is 0 Å². The number of thiophene rings is 1. The highest BCUT2D eigenvalue weighted by molar-refractivity contribution is 7.12. The van der Waals surface area contributed by atoms with Crippen molar-refractivity contribution in [1.82, 2.24) is 9.91 Å². The summed E-state index contributed by atoms with van der Waals surface area (Å²) in [6, 6.07) is 2.90. The summed E-state index contributed by atoms with van der Waals surface area (Å²) in [7, 11) is 1.78. The van der Waals surface area contributed by atoms with Gasteiger partial charge in [0, 0.05) is 59.7 Å². The monoisotopic (exact) mass is 452 g/mol. The van der Waals surface area contributed by atoms with Crippen LogP contribution in [0.5, 0.6) is 0 Å². The van der Waals surface area contributed by atoms with E-state index >= 15 is 0 Å². The largest absolute Gasteiger partial charge is 0.400 e. The molecule has 6 nitrogen and oxygen atoms in total. The van der Waals surface area contributed by atoms with Crippen molar-refractivity contribution in [1.29, 1.82) is 0 Å². The Kier molecular flexibility index (Phi) is 9.83. The third kappa shape index (κ3) is 7.46. The molecule has 0 amide bonds. The molecule has 0 spiro atoms. The minimum Gasteiger partial charge on any atom is -0.400 e. The van der Waals surface area contributed by atoms with E-state index in [0.717, 1.165) is 51.1 Å². The molecule has 1 aliphatic rings. The van der Waals surface area contributed by atoms with Crippen molar-refractivity contribution in [2.75, 3.05) is 33.4 Å². The molecule has 2 rings (SSSR count). The summed E-state index contributed by atoms with van der Waals surface area (Å²) >= 11 is 1.96. The number of rotatable bonds is 11. The molecule has 31 heavy (non-hydrogen) atoms. The Bertz CT molecular complexity index is 716. The van der Waals surface area contributed by atoms with E-state index in [2.05, 4.69) is 24.8 Å². The molecule has 2 heterocycles. The second-order valence-electron chi connectivity index (χ2n) is 9.77. The SMILES string of the molecule is CCc1cc(C2CCN(C/C(N)=C/N(N)CC(C)(C)C(C)O)C(C)C2)c(CCOC)s1. The van der Waals surface area contributed by atoms with Crippen molar-refractivity contribution in [3.05, 3.63) is 33.3 Å². The summed E-state index contributed by atoms with van der Waals surface area (Å²) in [4.78, 5) is 5.44. The molecule has 1 saturated heterocycles. The van der Waals surface area contributed by atoms with E-state index in [1.54, 1.807) is 24.6 Å². The minimum atomic E-state index is -0.439. The topological polar surface area (TPSA) is 88.0 Å². The second-order valence-corrected chi connectivity index (χ2v) is 11.0. The van der Waals surface area contributed by atoms with Crippen molar-refractivity contribution >= 4 is 11.3 Å². The lowest BCUT2D eigenvalue weighted by molar-refractivity contribution is 0.0450. The maximum absolute atomic E-state index is 9.91. The fourth-order valence-electron chi connectivity index (χ4n) is 4.29. The van der Waals surface area contributed by atoms with Crippen molar-refractivity contribution in [3.63, 3.8) is 0 Å². The Morgan fingerprint density at radius 3 is 2.77 bits per heavy atom. The Morgan fingerprint density at radius 1 is 1.48 bits per heavy atom. The van der Waals surface area contributed by atoms with Crippen LogP contribution in [0, 0.1) is 5.41 Å². The Hall–Kier alpha value is -1.12. The number of aryl methyl sites for hydroxylation is 1. The lowest BCUT2D eigenvalue weighted by Gasteiger charge is -2.38. The maximum atomic E-state index is 9.91. The molecule has 0 bridgehead atoms. The zero-order chi connectivity index (χ0) is 23.2. The van der Waals surface area contributed by atoms with Crippen LogP contribution < -0.4 is 11.6 Å². The quantitative estimate of drug-likeness (QED) is 0.352. The molecule has 3 unspecified atom stereocenters. The maximum Gasteiger partial charge on any atom is 0.0580 e. The standard InChI is InChI=1S/C24H44N4O2S/c1-7-21-13-22(23(31-21)9-11-30-6)19-8-10-27(17(2)12-19)14-20(25)15-28(26)16-24(4,5)18(3)29/h13,15,17-19,29H,7-12,14,16,25-26H2,1-6H3/b20-15-. The fraction of sp³-hybridized carbons (Fsp3) is 0.750. The molecule has 0 radical (unpaired) electrons. The molecule has 0 aliphatic carbocycles. The first-order valence-electron chi connectivity index (χ1n) is 11.6. The van der Waals surface area contributed by atoms with Crippen LogP contribution in [0.25, 0.3) is 0 Å². The van der Waals surface area contributed by atoms with E-state index in [1.165, 1.54) is 9.75 Å². The Labute approximate surface area is 193 Å². The van der Waals surface area contributed by atoms with Crippen LogP contribution in [0.2, 0.25) is 0 Å². The van der Waals surface area contributed by atoms with Crippen molar-refractivity contribution in [3.8, 4) is 0 Å². The normalized spacial score (nSPS) is 22.0. The number of aliphatic hydroxyl groups is 1. The number of hydrogen-bond acceptors (Lipinski definition) is 7. The van der Waals surface area contributed by atoms with Crippen LogP contribution in [-0.4, -0.2) is 60.5 Å². The number of nitrogens with zero attached hydrogens (tertiary/aromatic N) is 2. The Balaban J connectivity index is 1.97. The third-order valence-corrected chi connectivity index (χ3v) is 8.02. The number of hydrogen-bond donors (Lipinski definition) is 3. The summed E-state index contributed by atoms with van der Waals surface area (Å²) in [6.07, 6.45) is 5.79. The van der Waals surface area contributed by atoms with Crippen molar-refractivity contribution in [2.45, 2.75) is 78.4 Å². The van der Waals surface area contributed by atoms with Gasteiger partial charge >= 0.3 is 0 Å². The van der Waals surface area contributed by atoms with Crippen LogP contribution in [0.3, 0.4) is 0 Å². The third-order valence-electron chi connectivity index (χ3n) is 6.67. The van der Waals surface area contributed by atoms with E-state index in [-0.39, 0.29) is 5.41 Å². The van der Waals surface area contributed by atoms with Crippen LogP contribution in [0.1, 0.15) is 68.7 Å². The molecule has 0 aromatic carbocycles. The molecule has 178 valence electrons. The molecular weight excluding hydrogens is 408 g/mol. The van der Waals surface area contributed by atoms with E-state index in [1.807, 2.05) is 31.4 Å². The Morgan fingerprint density at radius 2 is 2.19 bits per heavy atom. The van der Waals surface area contributed by atoms with Gasteiger partial charge in [-0.15, -0.1) is 11.3 Å². The predicted octanol–water partition coefficient (Wildman–Crippen LogP) is 3.45. The summed E-state index contributed by atoms with van der Waals surface area (Å²) in [5.74, 6) is 6.76. The van der Waals surface area contributed by atoms with Gasteiger partial charge in [0.05, 0.1) is 12.7 Å². The number of nitrogens with two attached hydrogens (primary N) is 2. The fourth-order valence-corrected chi connectivity index (χ4v) is 5.46. The zero-order valence-corrected chi connectivity index (χ0v) is 21.2. The highest BCUT2D eigenvalue weighted by Crippen LogP contribution is 2.37. The number of likely N-dealkylation sites (tertiary alicyclic amines) is 1. The predicted molar refractivity (Wildman–Crippen MR) is 131 cm³/mol. The van der Waals surface area contributed by atoms with Crippen LogP contribution in [-0.2, 0) is 17.6 Å². The van der Waals surface area contributed by atoms with E-state index in [4.69, 9.17) is 16.3 Å². The summed E-state index contributed by atoms with van der Waals surface area (Å²) in [5.41, 5.74) is 8.34. The zero-order valence-electron chi connectivity index (χ0n) is 20.4. The van der Waals surface area contributed by atoms with Gasteiger partial charge in [-0.3, -0.25) is 4.90 Å². The second kappa shape index (κ2) is 11.7. The van der Waals surface area contributed by atoms with Gasteiger partial charge in [0.2, 0.25) is 0 Å². The number of piperidine rings is 1. The highest BCUT2D eigenvalue weighted by atomic mass is 32.1. The van der Waals surface area contributed by atoms with Gasteiger partial charge in [-0.2, -0.15) is 0 Å². The molecule has 7 heteroatoms. The number of methoxy groups -OCH3 is 1. The van der Waals surface area contributed by atoms with Gasteiger partial charge in [0.1, 0.15) is 0 Å². The molecule has 0 saturated carbocycles. The first kappa shape index (κ1) is 26.1. The molecular formula is C24H44N4O2S. The van der Waals surface area contributed by atoms with Gasteiger partial charge in [-0.25, -0.2) is 5.84 Å². The van der Waals surface area contributed by atoms with E-state index in [0.29, 0.717) is 18.5 Å². The molecule has 5 N–H and O–H groups in total. The smallest absolute Gasteiger partial charge is 0.0580 e. The first-order chi connectivity index (χ1) is 14.6.